The summed E-state index contributed by atoms with van der Waals surface area (Å²) in [7, 11) is 0. The van der Waals surface area contributed by atoms with Crippen molar-refractivity contribution in [3.63, 3.8) is 0 Å². The van der Waals surface area contributed by atoms with E-state index in [4.69, 9.17) is 28.7 Å². The number of Topliss-reactive ketones (excluding diaryl/α,β-unsaturated/α-hetero) is 1. The first kappa shape index (κ1) is 39.7. The van der Waals surface area contributed by atoms with Crippen LogP contribution in [0.5, 0.6) is 0 Å². The van der Waals surface area contributed by atoms with Crippen molar-refractivity contribution in [2.24, 2.45) is 33.6 Å². The molecule has 0 aromatic heterocycles. The number of aliphatic hydroxyl groups is 1. The Balaban J connectivity index is 1.26. The lowest BCUT2D eigenvalue weighted by Crippen LogP contribution is -2.80. The Hall–Kier alpha value is -5.13. The summed E-state index contributed by atoms with van der Waals surface area (Å²) in [5.41, 5.74) is -2.95. The highest BCUT2D eigenvalue weighted by Crippen LogP contribution is 2.66. The van der Waals surface area contributed by atoms with E-state index < -0.39 is 82.2 Å². The van der Waals surface area contributed by atoms with Crippen LogP contribution in [0.15, 0.2) is 107 Å². The van der Waals surface area contributed by atoms with Gasteiger partial charge in [-0.3, -0.25) is 9.59 Å². The molecular formula is C47H51NO10. The van der Waals surface area contributed by atoms with E-state index in [9.17, 15) is 19.5 Å². The van der Waals surface area contributed by atoms with E-state index in [-0.39, 0.29) is 30.3 Å². The second-order valence-corrected chi connectivity index (χ2v) is 17.5. The van der Waals surface area contributed by atoms with Gasteiger partial charge in [0.1, 0.15) is 35.7 Å². The number of hydrogen-bond donors (Lipinski definition) is 1. The van der Waals surface area contributed by atoms with Gasteiger partial charge in [0.05, 0.1) is 18.1 Å². The van der Waals surface area contributed by atoms with E-state index in [1.165, 1.54) is 6.92 Å². The van der Waals surface area contributed by atoms with Crippen molar-refractivity contribution >= 4 is 29.6 Å². The van der Waals surface area contributed by atoms with Crippen molar-refractivity contribution in [2.45, 2.75) is 103 Å². The first-order valence-electron chi connectivity index (χ1n) is 20.1. The van der Waals surface area contributed by atoms with Gasteiger partial charge in [-0.2, -0.15) is 0 Å². The summed E-state index contributed by atoms with van der Waals surface area (Å²) in [5, 5.41) is 13.7. The smallest absolute Gasteiger partial charge is 0.350 e. The van der Waals surface area contributed by atoms with Crippen LogP contribution in [0.1, 0.15) is 88.8 Å². The zero-order chi connectivity index (χ0) is 41.4. The lowest BCUT2D eigenvalue weighted by molar-refractivity contribution is -0.339. The maximum Gasteiger partial charge on any atom is 0.350 e. The number of ether oxygens (including phenoxy) is 5. The zero-order valence-electron chi connectivity index (χ0n) is 34.0. The van der Waals surface area contributed by atoms with Crippen molar-refractivity contribution in [2.75, 3.05) is 6.61 Å². The quantitative estimate of drug-likeness (QED) is 0.155. The molecule has 3 aliphatic carbocycles. The molecule has 1 N–H and O–H groups in total. The number of aliphatic imine (C=N–C) groups is 1. The number of carbonyl (C=O) groups excluding carboxylic acids is 4. The van der Waals surface area contributed by atoms with Gasteiger partial charge in [0.25, 0.3) is 0 Å². The van der Waals surface area contributed by atoms with E-state index in [0.29, 0.717) is 29.0 Å². The number of esters is 3. The van der Waals surface area contributed by atoms with Crippen LogP contribution in [0.25, 0.3) is 0 Å². The summed E-state index contributed by atoms with van der Waals surface area (Å²) in [6, 6.07) is 26.4. The Morgan fingerprint density at radius 1 is 0.879 bits per heavy atom. The van der Waals surface area contributed by atoms with Gasteiger partial charge in [0.2, 0.25) is 12.0 Å². The highest BCUT2D eigenvalue weighted by atomic mass is 16.6. The van der Waals surface area contributed by atoms with Gasteiger partial charge in [-0.15, -0.1) is 0 Å². The molecule has 2 heterocycles. The lowest BCUT2D eigenvalue weighted by atomic mass is 9.42. The second kappa shape index (κ2) is 14.3. The van der Waals surface area contributed by atoms with E-state index in [2.05, 4.69) is 0 Å². The van der Waals surface area contributed by atoms with Crippen LogP contribution >= 0.6 is 0 Å². The predicted octanol–water partition coefficient (Wildman–Crippen LogP) is 6.77. The topological polar surface area (TPSA) is 147 Å². The number of fused-ring (bicyclic) bond motifs is 5. The fourth-order valence-corrected chi connectivity index (χ4v) is 11.0. The molecule has 3 aromatic rings. The van der Waals surface area contributed by atoms with Gasteiger partial charge in [0, 0.05) is 35.7 Å². The lowest BCUT2D eigenvalue weighted by Gasteiger charge is -2.68. The molecule has 8 rings (SSSR count). The Bertz CT molecular complexity index is 2190. The van der Waals surface area contributed by atoms with Crippen LogP contribution in [0.2, 0.25) is 0 Å². The minimum Gasteiger partial charge on any atom is -0.459 e. The molecule has 3 aromatic carbocycles. The molecule has 2 bridgehead atoms. The number of nitrogens with zero attached hydrogens (tertiary/aromatic N) is 1. The number of benzene rings is 3. The van der Waals surface area contributed by atoms with Gasteiger partial charge < -0.3 is 28.8 Å². The van der Waals surface area contributed by atoms with Gasteiger partial charge >= 0.3 is 17.9 Å². The fraction of sp³-hybridized carbons (Fsp3) is 0.468. The van der Waals surface area contributed by atoms with Gasteiger partial charge in [-0.05, 0) is 60.2 Å². The third-order valence-electron chi connectivity index (χ3n) is 14.1. The molecule has 2 saturated carbocycles. The molecule has 304 valence electrons. The molecular weight excluding hydrogens is 739 g/mol. The highest BCUT2D eigenvalue weighted by molar-refractivity contribution is 5.98. The average molecular weight is 790 g/mol. The van der Waals surface area contributed by atoms with Crippen LogP contribution in [-0.4, -0.2) is 76.9 Å². The van der Waals surface area contributed by atoms with Crippen molar-refractivity contribution in [3.05, 3.63) is 119 Å². The Morgan fingerprint density at radius 2 is 1.50 bits per heavy atom. The molecule has 0 radical (unpaired) electrons. The summed E-state index contributed by atoms with van der Waals surface area (Å²) < 4.78 is 31.7. The average Bonchev–Trinajstić information content (AvgIpc) is 3.66. The minimum absolute atomic E-state index is 0.0500. The molecule has 58 heavy (non-hydrogen) atoms. The highest BCUT2D eigenvalue weighted by Gasteiger charge is 2.77. The number of rotatable bonds is 7. The number of carbonyl (C=O) groups is 4. The normalized spacial score (nSPS) is 36.1. The molecule has 0 spiro atoms. The number of ketones is 1. The summed E-state index contributed by atoms with van der Waals surface area (Å²) in [5.74, 6) is -4.01. The Labute approximate surface area is 338 Å². The van der Waals surface area contributed by atoms with Crippen LogP contribution in [0, 0.1) is 28.6 Å². The molecule has 5 aliphatic rings. The van der Waals surface area contributed by atoms with Crippen molar-refractivity contribution < 1.29 is 48.0 Å². The Morgan fingerprint density at radius 3 is 2.10 bits per heavy atom. The first-order chi connectivity index (χ1) is 27.5. The maximum atomic E-state index is 15.4. The standard InChI is InChI=1S/C47H51NO10/c1-26-23-34-46(25-54-34,58-29(4)49)38-40(57-42(51)32-21-15-10-16-22-32)47(53)24-33(27(2)35(44(47,5)6)28(3)39(50)45(26,38)7)55-43(52)37-36(30-17-11-8-12-18-30)48-41(56-37)31-19-13-9-14-20-31/h8-22,26,28,33-34,36-38,40,53H,23-25H2,1-7H3/t26-,28+,33?,34+,36-,37+,38-,40-,45+,46-,47+/m0/s1. The van der Waals surface area contributed by atoms with Gasteiger partial charge in [0.15, 0.2) is 5.60 Å². The molecule has 0 amide bonds. The maximum absolute atomic E-state index is 15.4. The summed E-state index contributed by atoms with van der Waals surface area (Å²) >= 11 is 0. The van der Waals surface area contributed by atoms with Gasteiger partial charge in [-0.25, -0.2) is 14.6 Å². The molecule has 1 unspecified atom stereocenters. The molecule has 1 saturated heterocycles. The number of hydrogen-bond acceptors (Lipinski definition) is 11. The molecule has 11 nitrogen and oxygen atoms in total. The third kappa shape index (κ3) is 5.95. The third-order valence-corrected chi connectivity index (χ3v) is 14.1. The van der Waals surface area contributed by atoms with Crippen LogP contribution in [0.3, 0.4) is 0 Å². The molecule has 11 heteroatoms. The van der Waals surface area contributed by atoms with E-state index in [1.807, 2.05) is 102 Å². The zero-order valence-corrected chi connectivity index (χ0v) is 34.0. The summed E-state index contributed by atoms with van der Waals surface area (Å²) in [6.45, 7) is 12.4. The second-order valence-electron chi connectivity index (χ2n) is 17.5. The fourth-order valence-electron chi connectivity index (χ4n) is 11.0. The van der Waals surface area contributed by atoms with E-state index in [0.717, 1.165) is 5.56 Å². The minimum atomic E-state index is -1.98. The predicted molar refractivity (Wildman–Crippen MR) is 212 cm³/mol. The van der Waals surface area contributed by atoms with Crippen LogP contribution < -0.4 is 0 Å². The molecule has 3 fully saturated rings. The first-order valence-corrected chi connectivity index (χ1v) is 20.1. The van der Waals surface area contributed by atoms with Crippen LogP contribution in [0.4, 0.5) is 0 Å². The summed E-state index contributed by atoms with van der Waals surface area (Å²) in [6.07, 6.45) is -4.08. The van der Waals surface area contributed by atoms with Crippen molar-refractivity contribution in [3.8, 4) is 0 Å². The SMILES string of the molecule is CC(=O)O[C@@]12CO[C@@H]1C[C@H](C)[C@@]1(C)C(=O)[C@H](C)C3=C(C)C(OC(=O)[C@@H]4OC(c5ccccc5)=N[C@H]4c4ccccc4)C[C@@](O)([C@@H](OC(=O)c4ccccc4)[C@H]21)C3(C)C. The molecule has 11 atom stereocenters. The molecule has 2 aliphatic heterocycles. The summed E-state index contributed by atoms with van der Waals surface area (Å²) in [4.78, 5) is 62.2. The van der Waals surface area contributed by atoms with Crippen molar-refractivity contribution in [1.82, 2.24) is 0 Å². The largest absolute Gasteiger partial charge is 0.459 e. The van der Waals surface area contributed by atoms with E-state index >= 15 is 4.79 Å². The van der Waals surface area contributed by atoms with E-state index in [1.54, 1.807) is 30.3 Å². The van der Waals surface area contributed by atoms with Gasteiger partial charge in [-0.1, -0.05) is 101 Å². The van der Waals surface area contributed by atoms with Crippen molar-refractivity contribution in [1.29, 1.82) is 0 Å². The monoisotopic (exact) mass is 789 g/mol. The Kier molecular flexibility index (Phi) is 9.79. The van der Waals surface area contributed by atoms with Crippen LogP contribution in [-0.2, 0) is 38.1 Å².